The standard InChI is InChI=1S/C16H22F3NO4/c1-4-12(24-14(21)20-10-15(2,3)22)9-23-13-7-5-6-11(8-13)16(17,18)19/h5-8,12,22H,4,9-10H2,1-3H3,(H,20,21). The van der Waals surface area contributed by atoms with Crippen molar-refractivity contribution in [2.45, 2.75) is 45.1 Å². The highest BCUT2D eigenvalue weighted by Crippen LogP contribution is 2.31. The topological polar surface area (TPSA) is 67.8 Å². The number of hydrogen-bond acceptors (Lipinski definition) is 4. The average molecular weight is 349 g/mol. The molecule has 8 heteroatoms. The van der Waals surface area contributed by atoms with E-state index in [1.54, 1.807) is 6.92 Å². The third-order valence-corrected chi connectivity index (χ3v) is 2.99. The minimum Gasteiger partial charge on any atom is -0.490 e. The van der Waals surface area contributed by atoms with Crippen molar-refractivity contribution in [1.82, 2.24) is 5.32 Å². The zero-order valence-corrected chi connectivity index (χ0v) is 13.8. The highest BCUT2D eigenvalue weighted by atomic mass is 19.4. The van der Waals surface area contributed by atoms with Gasteiger partial charge >= 0.3 is 12.3 Å². The van der Waals surface area contributed by atoms with E-state index < -0.39 is 29.5 Å². The van der Waals surface area contributed by atoms with Crippen LogP contribution in [-0.2, 0) is 10.9 Å². The molecule has 1 aromatic rings. The molecule has 136 valence electrons. The highest BCUT2D eigenvalue weighted by molar-refractivity contribution is 5.67. The van der Waals surface area contributed by atoms with E-state index in [9.17, 15) is 23.1 Å². The quantitative estimate of drug-likeness (QED) is 0.792. The third kappa shape index (κ3) is 7.54. The molecule has 5 nitrogen and oxygen atoms in total. The van der Waals surface area contributed by atoms with Gasteiger partial charge in [0, 0.05) is 6.54 Å². The second-order valence-electron chi connectivity index (χ2n) is 5.94. The maximum absolute atomic E-state index is 12.6. The summed E-state index contributed by atoms with van der Waals surface area (Å²) in [6.07, 6.45) is -5.37. The van der Waals surface area contributed by atoms with Crippen molar-refractivity contribution in [2.75, 3.05) is 13.2 Å². The summed E-state index contributed by atoms with van der Waals surface area (Å²) >= 11 is 0. The van der Waals surface area contributed by atoms with Crippen molar-refractivity contribution >= 4 is 6.09 Å². The first-order valence-electron chi connectivity index (χ1n) is 7.48. The fourth-order valence-corrected chi connectivity index (χ4v) is 1.67. The Balaban J connectivity index is 2.53. The van der Waals surface area contributed by atoms with Crippen molar-refractivity contribution in [2.24, 2.45) is 0 Å². The number of benzene rings is 1. The summed E-state index contributed by atoms with van der Waals surface area (Å²) < 4.78 is 48.3. The van der Waals surface area contributed by atoms with Gasteiger partial charge in [-0.05, 0) is 38.5 Å². The van der Waals surface area contributed by atoms with Crippen LogP contribution in [0.2, 0.25) is 0 Å². The number of nitrogens with one attached hydrogen (secondary N) is 1. The first-order chi connectivity index (χ1) is 11.0. The molecule has 0 heterocycles. The fourth-order valence-electron chi connectivity index (χ4n) is 1.67. The number of halogens is 3. The van der Waals surface area contributed by atoms with Gasteiger partial charge < -0.3 is 19.9 Å². The van der Waals surface area contributed by atoms with E-state index in [2.05, 4.69) is 5.32 Å². The van der Waals surface area contributed by atoms with Crippen molar-refractivity contribution in [1.29, 1.82) is 0 Å². The number of hydrogen-bond donors (Lipinski definition) is 2. The molecule has 24 heavy (non-hydrogen) atoms. The second-order valence-corrected chi connectivity index (χ2v) is 5.94. The zero-order chi connectivity index (χ0) is 18.4. The van der Waals surface area contributed by atoms with Gasteiger partial charge in [0.25, 0.3) is 0 Å². The summed E-state index contributed by atoms with van der Waals surface area (Å²) in [4.78, 5) is 11.6. The number of alkyl halides is 3. The predicted octanol–water partition coefficient (Wildman–Crippen LogP) is 3.36. The number of ether oxygens (including phenoxy) is 2. The lowest BCUT2D eigenvalue weighted by Crippen LogP contribution is -2.40. The summed E-state index contributed by atoms with van der Waals surface area (Å²) in [5.41, 5.74) is -1.88. The molecule has 0 aliphatic heterocycles. The molecule has 1 unspecified atom stereocenters. The molecule has 0 fully saturated rings. The lowest BCUT2D eigenvalue weighted by molar-refractivity contribution is -0.137. The van der Waals surface area contributed by atoms with E-state index in [1.165, 1.54) is 26.0 Å². The van der Waals surface area contributed by atoms with Crippen molar-refractivity contribution in [3.63, 3.8) is 0 Å². The van der Waals surface area contributed by atoms with E-state index >= 15 is 0 Å². The van der Waals surface area contributed by atoms with E-state index in [1.807, 2.05) is 0 Å². The molecule has 0 spiro atoms. The smallest absolute Gasteiger partial charge is 0.416 e. The van der Waals surface area contributed by atoms with Gasteiger partial charge in [-0.1, -0.05) is 13.0 Å². The molecule has 0 aliphatic carbocycles. The highest BCUT2D eigenvalue weighted by Gasteiger charge is 2.30. The summed E-state index contributed by atoms with van der Waals surface area (Å²) in [6, 6.07) is 4.48. The van der Waals surface area contributed by atoms with Crippen LogP contribution in [-0.4, -0.2) is 36.1 Å². The van der Waals surface area contributed by atoms with Gasteiger partial charge in [0.05, 0.1) is 11.2 Å². The van der Waals surface area contributed by atoms with Crippen LogP contribution >= 0.6 is 0 Å². The van der Waals surface area contributed by atoms with E-state index in [4.69, 9.17) is 9.47 Å². The lowest BCUT2D eigenvalue weighted by Gasteiger charge is -2.20. The summed E-state index contributed by atoms with van der Waals surface area (Å²) in [7, 11) is 0. The number of aliphatic hydroxyl groups is 1. The minimum atomic E-state index is -4.45. The zero-order valence-electron chi connectivity index (χ0n) is 13.8. The molecule has 1 atom stereocenters. The number of amides is 1. The Kier molecular flexibility index (Phi) is 6.89. The maximum atomic E-state index is 12.6. The van der Waals surface area contributed by atoms with Crippen molar-refractivity contribution in [3.8, 4) is 5.75 Å². The Hall–Kier alpha value is -1.96. The molecule has 2 N–H and O–H groups in total. The predicted molar refractivity (Wildman–Crippen MR) is 81.8 cm³/mol. The van der Waals surface area contributed by atoms with Crippen LogP contribution in [0.15, 0.2) is 24.3 Å². The summed E-state index contributed by atoms with van der Waals surface area (Å²) in [5, 5.41) is 11.9. The third-order valence-electron chi connectivity index (χ3n) is 2.99. The van der Waals surface area contributed by atoms with Crippen molar-refractivity contribution in [3.05, 3.63) is 29.8 Å². The van der Waals surface area contributed by atoms with Gasteiger partial charge in [-0.2, -0.15) is 13.2 Å². The molecule has 1 amide bonds. The molecule has 0 saturated carbocycles. The van der Waals surface area contributed by atoms with Crippen LogP contribution in [0.5, 0.6) is 5.75 Å². The molecule has 0 aromatic heterocycles. The first-order valence-corrected chi connectivity index (χ1v) is 7.48. The molecule has 0 saturated heterocycles. The molecule has 1 aromatic carbocycles. The molecule has 1 rings (SSSR count). The largest absolute Gasteiger partial charge is 0.490 e. The Morgan fingerprint density at radius 2 is 2.00 bits per heavy atom. The van der Waals surface area contributed by atoms with Crippen LogP contribution in [0, 0.1) is 0 Å². The van der Waals surface area contributed by atoms with Gasteiger partial charge in [0.15, 0.2) is 0 Å². The summed E-state index contributed by atoms with van der Waals surface area (Å²) in [6.45, 7) is 4.75. The van der Waals surface area contributed by atoms with Crippen LogP contribution in [0.25, 0.3) is 0 Å². The van der Waals surface area contributed by atoms with Gasteiger partial charge in [-0.3, -0.25) is 0 Å². The fraction of sp³-hybridized carbons (Fsp3) is 0.562. The van der Waals surface area contributed by atoms with Gasteiger partial charge in [-0.25, -0.2) is 4.79 Å². The molecule has 0 radical (unpaired) electrons. The monoisotopic (exact) mass is 349 g/mol. The van der Waals surface area contributed by atoms with Gasteiger partial charge in [0.1, 0.15) is 18.5 Å². The first kappa shape index (κ1) is 20.1. The summed E-state index contributed by atoms with van der Waals surface area (Å²) in [5.74, 6) is 0.0452. The molecule has 0 aliphatic rings. The number of carbonyl (C=O) groups is 1. The molecular formula is C16H22F3NO4. The van der Waals surface area contributed by atoms with E-state index in [0.29, 0.717) is 6.42 Å². The normalized spacial score (nSPS) is 13.3. The van der Waals surface area contributed by atoms with Gasteiger partial charge in [0.2, 0.25) is 0 Å². The van der Waals surface area contributed by atoms with Crippen LogP contribution in [0.1, 0.15) is 32.8 Å². The van der Waals surface area contributed by atoms with Crippen LogP contribution in [0.3, 0.4) is 0 Å². The van der Waals surface area contributed by atoms with Crippen LogP contribution in [0.4, 0.5) is 18.0 Å². The number of alkyl carbamates (subject to hydrolysis) is 1. The Morgan fingerprint density at radius 1 is 1.33 bits per heavy atom. The Morgan fingerprint density at radius 3 is 2.54 bits per heavy atom. The lowest BCUT2D eigenvalue weighted by atomic mass is 10.1. The van der Waals surface area contributed by atoms with Gasteiger partial charge in [-0.15, -0.1) is 0 Å². The van der Waals surface area contributed by atoms with Crippen molar-refractivity contribution < 1.29 is 32.5 Å². The minimum absolute atomic E-state index is 0.0107. The SMILES string of the molecule is CCC(COc1cccc(C(F)(F)F)c1)OC(=O)NCC(C)(C)O. The Bertz CT molecular complexity index is 541. The molecule has 0 bridgehead atoms. The van der Waals surface area contributed by atoms with E-state index in [0.717, 1.165) is 12.1 Å². The van der Waals surface area contributed by atoms with E-state index in [-0.39, 0.29) is 18.9 Å². The second kappa shape index (κ2) is 8.23. The van der Waals surface area contributed by atoms with Crippen LogP contribution < -0.4 is 10.1 Å². The Labute approximate surface area is 138 Å². The average Bonchev–Trinajstić information content (AvgIpc) is 2.48. The number of rotatable bonds is 7. The maximum Gasteiger partial charge on any atom is 0.416 e. The molecular weight excluding hydrogens is 327 g/mol. The number of carbonyl (C=O) groups excluding carboxylic acids is 1.